The standard InChI is InChI=1S/C12H28O2Si2/c1-13-15(3,4)11-7-9-12(10-8-11)16(5,6)14-2/h11-12H,7-10H2,1-6H3. The van der Waals surface area contributed by atoms with Gasteiger partial charge in [-0.15, -0.1) is 0 Å². The van der Waals surface area contributed by atoms with Crippen LogP contribution in [0.2, 0.25) is 37.3 Å². The van der Waals surface area contributed by atoms with Crippen molar-refractivity contribution in [3.63, 3.8) is 0 Å². The minimum Gasteiger partial charge on any atom is -0.420 e. The fourth-order valence-electron chi connectivity index (χ4n) is 2.82. The lowest BCUT2D eigenvalue weighted by Gasteiger charge is -2.40. The van der Waals surface area contributed by atoms with E-state index in [0.717, 1.165) is 11.1 Å². The third-order valence-electron chi connectivity index (χ3n) is 4.75. The summed E-state index contributed by atoms with van der Waals surface area (Å²) in [5, 5.41) is 0. The fourth-order valence-corrected chi connectivity index (χ4v) is 6.93. The quantitative estimate of drug-likeness (QED) is 0.711. The Kier molecular flexibility index (Phi) is 4.81. The van der Waals surface area contributed by atoms with E-state index in [0.29, 0.717) is 0 Å². The minimum absolute atomic E-state index is 0.857. The first-order chi connectivity index (χ1) is 7.33. The summed E-state index contributed by atoms with van der Waals surface area (Å²) in [6, 6.07) is 0. The van der Waals surface area contributed by atoms with Crippen LogP contribution >= 0.6 is 0 Å². The molecule has 0 unspecified atom stereocenters. The highest BCUT2D eigenvalue weighted by molar-refractivity contribution is 6.73. The Labute approximate surface area is 103 Å². The summed E-state index contributed by atoms with van der Waals surface area (Å²) in [6.45, 7) is 9.43. The minimum atomic E-state index is -1.40. The smallest absolute Gasteiger partial charge is 0.189 e. The van der Waals surface area contributed by atoms with E-state index in [1.54, 1.807) is 0 Å². The van der Waals surface area contributed by atoms with Crippen molar-refractivity contribution in [2.24, 2.45) is 0 Å². The molecule has 1 aliphatic carbocycles. The summed E-state index contributed by atoms with van der Waals surface area (Å²) in [7, 11) is 0.989. The molecule has 1 saturated carbocycles. The molecule has 0 amide bonds. The van der Waals surface area contributed by atoms with Crippen molar-refractivity contribution in [1.82, 2.24) is 0 Å². The lowest BCUT2D eigenvalue weighted by molar-refractivity contribution is 0.338. The van der Waals surface area contributed by atoms with Crippen molar-refractivity contribution in [2.45, 2.75) is 63.0 Å². The first kappa shape index (κ1) is 14.4. The maximum atomic E-state index is 5.74. The Bertz CT molecular complexity index is 197. The molecule has 2 nitrogen and oxygen atoms in total. The summed E-state index contributed by atoms with van der Waals surface area (Å²) in [5.41, 5.74) is 1.71. The molecule has 0 aliphatic heterocycles. The number of rotatable bonds is 4. The van der Waals surface area contributed by atoms with Crippen molar-refractivity contribution < 1.29 is 8.85 Å². The Hall–Kier alpha value is 0.354. The molecular formula is C12H28O2Si2. The first-order valence-electron chi connectivity index (χ1n) is 6.44. The van der Waals surface area contributed by atoms with Crippen LogP contribution in [0.1, 0.15) is 25.7 Å². The van der Waals surface area contributed by atoms with Gasteiger partial charge in [-0.05, 0) is 37.3 Å². The molecule has 0 aromatic carbocycles. The molecule has 0 aromatic heterocycles. The predicted octanol–water partition coefficient (Wildman–Crippen LogP) is 4.00. The fraction of sp³-hybridized carbons (Fsp3) is 1.00. The van der Waals surface area contributed by atoms with Gasteiger partial charge in [0.05, 0.1) is 0 Å². The highest BCUT2D eigenvalue weighted by Gasteiger charge is 2.40. The van der Waals surface area contributed by atoms with Gasteiger partial charge in [0, 0.05) is 14.2 Å². The molecule has 0 heterocycles. The molecule has 0 atom stereocenters. The van der Waals surface area contributed by atoms with Crippen molar-refractivity contribution >= 4 is 16.6 Å². The molecule has 0 spiro atoms. The Morgan fingerprint density at radius 3 is 1.12 bits per heavy atom. The topological polar surface area (TPSA) is 18.5 Å². The second-order valence-electron chi connectivity index (χ2n) is 6.16. The SMILES string of the molecule is CO[Si](C)(C)C1CCC([Si](C)(C)OC)CC1. The van der Waals surface area contributed by atoms with Crippen LogP contribution in [-0.2, 0) is 8.85 Å². The van der Waals surface area contributed by atoms with Crippen molar-refractivity contribution in [1.29, 1.82) is 0 Å². The Morgan fingerprint density at radius 1 is 0.688 bits per heavy atom. The maximum Gasteiger partial charge on any atom is 0.189 e. The molecule has 4 heteroatoms. The summed E-state index contributed by atoms with van der Waals surface area (Å²) in [5.74, 6) is 0. The van der Waals surface area contributed by atoms with Gasteiger partial charge in [-0.3, -0.25) is 0 Å². The lowest BCUT2D eigenvalue weighted by Crippen LogP contribution is -2.41. The van der Waals surface area contributed by atoms with Crippen LogP contribution in [0.5, 0.6) is 0 Å². The molecule has 1 fully saturated rings. The largest absolute Gasteiger partial charge is 0.420 e. The molecule has 0 aromatic rings. The highest BCUT2D eigenvalue weighted by atomic mass is 28.4. The van der Waals surface area contributed by atoms with Crippen LogP contribution in [0.3, 0.4) is 0 Å². The monoisotopic (exact) mass is 260 g/mol. The van der Waals surface area contributed by atoms with Gasteiger partial charge in [-0.1, -0.05) is 25.7 Å². The van der Waals surface area contributed by atoms with Crippen LogP contribution in [0.25, 0.3) is 0 Å². The second-order valence-corrected chi connectivity index (χ2v) is 15.0. The molecule has 1 aliphatic rings. The van der Waals surface area contributed by atoms with Crippen LogP contribution in [0.15, 0.2) is 0 Å². The number of hydrogen-bond donors (Lipinski definition) is 0. The van der Waals surface area contributed by atoms with Gasteiger partial charge in [0.25, 0.3) is 0 Å². The Morgan fingerprint density at radius 2 is 0.938 bits per heavy atom. The first-order valence-corrected chi connectivity index (χ1v) is 12.4. The van der Waals surface area contributed by atoms with Gasteiger partial charge in [-0.2, -0.15) is 0 Å². The summed E-state index contributed by atoms with van der Waals surface area (Å²) in [6.07, 6.45) is 5.43. The normalized spacial score (nSPS) is 28.1. The van der Waals surface area contributed by atoms with Crippen molar-refractivity contribution in [3.8, 4) is 0 Å². The molecule has 96 valence electrons. The van der Waals surface area contributed by atoms with E-state index in [1.165, 1.54) is 25.7 Å². The van der Waals surface area contributed by atoms with Gasteiger partial charge in [0.2, 0.25) is 0 Å². The van der Waals surface area contributed by atoms with E-state index in [4.69, 9.17) is 8.85 Å². The molecular weight excluding hydrogens is 232 g/mol. The van der Waals surface area contributed by atoms with E-state index in [1.807, 2.05) is 14.2 Å². The molecule has 0 radical (unpaired) electrons. The maximum absolute atomic E-state index is 5.74. The van der Waals surface area contributed by atoms with Gasteiger partial charge in [0.15, 0.2) is 16.6 Å². The average molecular weight is 261 g/mol. The van der Waals surface area contributed by atoms with E-state index >= 15 is 0 Å². The molecule has 0 saturated heterocycles. The molecule has 16 heavy (non-hydrogen) atoms. The van der Waals surface area contributed by atoms with Crippen molar-refractivity contribution in [3.05, 3.63) is 0 Å². The zero-order chi connectivity index (χ0) is 12.4. The summed E-state index contributed by atoms with van der Waals surface area (Å²) in [4.78, 5) is 0. The van der Waals surface area contributed by atoms with Gasteiger partial charge in [-0.25, -0.2) is 0 Å². The number of hydrogen-bond acceptors (Lipinski definition) is 2. The predicted molar refractivity (Wildman–Crippen MR) is 75.0 cm³/mol. The lowest BCUT2D eigenvalue weighted by atomic mass is 9.99. The summed E-state index contributed by atoms with van der Waals surface area (Å²) >= 11 is 0. The van der Waals surface area contributed by atoms with Gasteiger partial charge < -0.3 is 8.85 Å². The average Bonchev–Trinajstić information content (AvgIpc) is 2.29. The van der Waals surface area contributed by atoms with Gasteiger partial charge in [0.1, 0.15) is 0 Å². The summed E-state index contributed by atoms with van der Waals surface area (Å²) < 4.78 is 11.5. The molecule has 0 N–H and O–H groups in total. The van der Waals surface area contributed by atoms with Crippen molar-refractivity contribution in [2.75, 3.05) is 14.2 Å². The van der Waals surface area contributed by atoms with E-state index < -0.39 is 16.6 Å². The van der Waals surface area contributed by atoms with Crippen LogP contribution in [0.4, 0.5) is 0 Å². The Balaban J connectivity index is 2.52. The zero-order valence-corrected chi connectivity index (χ0v) is 13.8. The van der Waals surface area contributed by atoms with Gasteiger partial charge >= 0.3 is 0 Å². The van der Waals surface area contributed by atoms with E-state index in [9.17, 15) is 0 Å². The highest BCUT2D eigenvalue weighted by Crippen LogP contribution is 2.45. The van der Waals surface area contributed by atoms with E-state index in [-0.39, 0.29) is 0 Å². The zero-order valence-electron chi connectivity index (χ0n) is 11.8. The van der Waals surface area contributed by atoms with Crippen LogP contribution in [0, 0.1) is 0 Å². The third-order valence-corrected chi connectivity index (χ3v) is 11.9. The molecule has 1 rings (SSSR count). The van der Waals surface area contributed by atoms with Crippen LogP contribution in [-0.4, -0.2) is 30.9 Å². The third kappa shape index (κ3) is 3.18. The second kappa shape index (κ2) is 5.33. The van der Waals surface area contributed by atoms with E-state index in [2.05, 4.69) is 26.2 Å². The molecule has 0 bridgehead atoms. The van der Waals surface area contributed by atoms with Crippen LogP contribution < -0.4 is 0 Å².